The van der Waals surface area contributed by atoms with Gasteiger partial charge in [-0.15, -0.1) is 11.6 Å². The van der Waals surface area contributed by atoms with E-state index < -0.39 is 0 Å². The monoisotopic (exact) mass is 178 g/mol. The standard InChI is InChI=1S/C7H16.C3H7Cl/c1-3-5-7-6-4-2;1-2-3-4/h3-7H2,1-2H3;2-3H2,1H3. The Morgan fingerprint density at radius 3 is 1.27 bits per heavy atom. The summed E-state index contributed by atoms with van der Waals surface area (Å²) in [6, 6.07) is 0. The topological polar surface area (TPSA) is 0 Å². The van der Waals surface area contributed by atoms with Crippen molar-refractivity contribution in [2.75, 3.05) is 5.88 Å². The fourth-order valence-corrected chi connectivity index (χ4v) is 0.677. The average Bonchev–Trinajstić information content (AvgIpc) is 2.06. The highest BCUT2D eigenvalue weighted by Gasteiger charge is 1.80. The molecule has 11 heavy (non-hydrogen) atoms. The van der Waals surface area contributed by atoms with Gasteiger partial charge in [-0.25, -0.2) is 0 Å². The van der Waals surface area contributed by atoms with E-state index in [2.05, 4.69) is 13.8 Å². The van der Waals surface area contributed by atoms with Gasteiger partial charge in [-0.1, -0.05) is 52.9 Å². The van der Waals surface area contributed by atoms with Crippen LogP contribution in [0.2, 0.25) is 0 Å². The van der Waals surface area contributed by atoms with E-state index in [9.17, 15) is 0 Å². The molecule has 0 aromatic rings. The third-order valence-electron chi connectivity index (χ3n) is 1.40. The highest BCUT2D eigenvalue weighted by atomic mass is 35.5. The van der Waals surface area contributed by atoms with Gasteiger partial charge < -0.3 is 0 Å². The molecule has 0 saturated heterocycles. The second kappa shape index (κ2) is 16.7. The molecule has 0 aromatic heterocycles. The molecule has 0 atom stereocenters. The van der Waals surface area contributed by atoms with E-state index in [-0.39, 0.29) is 0 Å². The number of unbranched alkanes of at least 4 members (excludes halogenated alkanes) is 4. The molecule has 0 rings (SSSR count). The van der Waals surface area contributed by atoms with Gasteiger partial charge in [0.2, 0.25) is 0 Å². The smallest absolute Gasteiger partial charge is 0.0220 e. The van der Waals surface area contributed by atoms with Crippen molar-refractivity contribution in [1.82, 2.24) is 0 Å². The van der Waals surface area contributed by atoms with Crippen LogP contribution in [0.25, 0.3) is 0 Å². The van der Waals surface area contributed by atoms with Gasteiger partial charge in [0, 0.05) is 5.88 Å². The first kappa shape index (κ1) is 13.9. The van der Waals surface area contributed by atoms with Gasteiger partial charge in [-0.2, -0.15) is 0 Å². The normalized spacial score (nSPS) is 8.73. The minimum atomic E-state index is 0.792. The Labute approximate surface area is 77.3 Å². The average molecular weight is 179 g/mol. The number of rotatable bonds is 5. The van der Waals surface area contributed by atoms with Crippen LogP contribution in [0.3, 0.4) is 0 Å². The van der Waals surface area contributed by atoms with Crippen molar-refractivity contribution in [1.29, 1.82) is 0 Å². The van der Waals surface area contributed by atoms with Crippen molar-refractivity contribution in [3.8, 4) is 0 Å². The first-order valence-electron chi connectivity index (χ1n) is 4.89. The van der Waals surface area contributed by atoms with Gasteiger partial charge in [-0.05, 0) is 6.42 Å². The lowest BCUT2D eigenvalue weighted by molar-refractivity contribution is 0.656. The molecular formula is C10H23Cl. The summed E-state index contributed by atoms with van der Waals surface area (Å²) in [4.78, 5) is 0. The van der Waals surface area contributed by atoms with Gasteiger partial charge in [-0.3, -0.25) is 0 Å². The third-order valence-corrected chi connectivity index (χ3v) is 1.77. The molecule has 0 unspecified atom stereocenters. The molecule has 0 aliphatic carbocycles. The maximum absolute atomic E-state index is 5.19. The van der Waals surface area contributed by atoms with Gasteiger partial charge in [0.1, 0.15) is 0 Å². The van der Waals surface area contributed by atoms with E-state index in [1.807, 2.05) is 6.92 Å². The summed E-state index contributed by atoms with van der Waals surface area (Å²) in [6.07, 6.45) is 8.09. The van der Waals surface area contributed by atoms with Crippen LogP contribution in [0.4, 0.5) is 0 Å². The molecule has 0 saturated carbocycles. The second-order valence-electron chi connectivity index (χ2n) is 2.75. The van der Waals surface area contributed by atoms with Crippen molar-refractivity contribution in [2.24, 2.45) is 0 Å². The summed E-state index contributed by atoms with van der Waals surface area (Å²) < 4.78 is 0. The number of hydrogen-bond donors (Lipinski definition) is 0. The van der Waals surface area contributed by atoms with Gasteiger partial charge >= 0.3 is 0 Å². The maximum Gasteiger partial charge on any atom is 0.0220 e. The summed E-state index contributed by atoms with van der Waals surface area (Å²) in [5, 5.41) is 0. The SMILES string of the molecule is CCCCCCC.CCCCl. The lowest BCUT2D eigenvalue weighted by Crippen LogP contribution is -1.70. The van der Waals surface area contributed by atoms with E-state index in [0.717, 1.165) is 12.3 Å². The van der Waals surface area contributed by atoms with Crippen LogP contribution in [0.1, 0.15) is 59.3 Å². The molecule has 0 spiro atoms. The Kier molecular flexibility index (Phi) is 21.0. The molecular weight excluding hydrogens is 156 g/mol. The zero-order valence-corrected chi connectivity index (χ0v) is 9.08. The molecule has 70 valence electrons. The summed E-state index contributed by atoms with van der Waals surface area (Å²) >= 11 is 5.19. The minimum absolute atomic E-state index is 0.792. The summed E-state index contributed by atoms with van der Waals surface area (Å²) in [5.74, 6) is 0.792. The summed E-state index contributed by atoms with van der Waals surface area (Å²) in [7, 11) is 0. The predicted octanol–water partition coefficient (Wildman–Crippen LogP) is 4.61. The van der Waals surface area contributed by atoms with Crippen molar-refractivity contribution >= 4 is 11.6 Å². The van der Waals surface area contributed by atoms with Crippen LogP contribution < -0.4 is 0 Å². The van der Waals surface area contributed by atoms with Crippen LogP contribution in [0.5, 0.6) is 0 Å². The van der Waals surface area contributed by atoms with E-state index >= 15 is 0 Å². The third kappa shape index (κ3) is 25.3. The van der Waals surface area contributed by atoms with Gasteiger partial charge in [0.25, 0.3) is 0 Å². The van der Waals surface area contributed by atoms with E-state index in [1.54, 1.807) is 0 Å². The van der Waals surface area contributed by atoms with E-state index in [0.29, 0.717) is 0 Å². The molecule has 0 amide bonds. The summed E-state index contributed by atoms with van der Waals surface area (Å²) in [5.41, 5.74) is 0. The van der Waals surface area contributed by atoms with Crippen LogP contribution >= 0.6 is 11.6 Å². The highest BCUT2D eigenvalue weighted by molar-refractivity contribution is 6.17. The zero-order chi connectivity index (χ0) is 8.95. The Hall–Kier alpha value is 0.290. The van der Waals surface area contributed by atoms with Crippen LogP contribution in [0.15, 0.2) is 0 Å². The predicted molar refractivity (Wildman–Crippen MR) is 55.4 cm³/mol. The second-order valence-corrected chi connectivity index (χ2v) is 3.13. The van der Waals surface area contributed by atoms with Crippen LogP contribution in [-0.2, 0) is 0 Å². The number of halogens is 1. The Morgan fingerprint density at radius 1 is 0.727 bits per heavy atom. The first-order chi connectivity index (χ1) is 5.33. The number of hydrogen-bond acceptors (Lipinski definition) is 0. The molecule has 0 radical (unpaired) electrons. The molecule has 0 heterocycles. The molecule has 0 nitrogen and oxygen atoms in total. The molecule has 0 bridgehead atoms. The maximum atomic E-state index is 5.19. The van der Waals surface area contributed by atoms with Gasteiger partial charge in [0.05, 0.1) is 0 Å². The lowest BCUT2D eigenvalue weighted by Gasteiger charge is -1.90. The highest BCUT2D eigenvalue weighted by Crippen LogP contribution is 2.00. The molecule has 0 N–H and O–H groups in total. The van der Waals surface area contributed by atoms with Crippen LogP contribution in [-0.4, -0.2) is 5.88 Å². The van der Waals surface area contributed by atoms with Crippen LogP contribution in [0, 0.1) is 0 Å². The molecule has 0 aromatic carbocycles. The Balaban J connectivity index is 0. The van der Waals surface area contributed by atoms with E-state index in [1.165, 1.54) is 32.1 Å². The van der Waals surface area contributed by atoms with Crippen molar-refractivity contribution in [3.63, 3.8) is 0 Å². The fourth-order valence-electron chi connectivity index (χ4n) is 0.677. The zero-order valence-electron chi connectivity index (χ0n) is 8.33. The molecule has 0 aliphatic heterocycles. The quantitative estimate of drug-likeness (QED) is 0.426. The van der Waals surface area contributed by atoms with Crippen molar-refractivity contribution in [3.05, 3.63) is 0 Å². The van der Waals surface area contributed by atoms with E-state index in [4.69, 9.17) is 11.6 Å². The Morgan fingerprint density at radius 2 is 1.09 bits per heavy atom. The summed E-state index contributed by atoms with van der Waals surface area (Å²) in [6.45, 7) is 6.54. The first-order valence-corrected chi connectivity index (χ1v) is 5.42. The molecule has 1 heteroatoms. The molecule has 0 aliphatic rings. The minimum Gasteiger partial charge on any atom is -0.127 e. The Bertz CT molecular complexity index is 38.1. The lowest BCUT2D eigenvalue weighted by atomic mass is 10.2. The van der Waals surface area contributed by atoms with Crippen molar-refractivity contribution < 1.29 is 0 Å². The fraction of sp³-hybridized carbons (Fsp3) is 1.00. The number of alkyl halides is 1. The largest absolute Gasteiger partial charge is 0.127 e. The molecule has 0 fully saturated rings. The van der Waals surface area contributed by atoms with Crippen molar-refractivity contribution in [2.45, 2.75) is 59.3 Å². The van der Waals surface area contributed by atoms with Gasteiger partial charge in [0.15, 0.2) is 0 Å².